The normalized spacial score (nSPS) is 26.2. The lowest BCUT2D eigenvalue weighted by Crippen LogP contribution is -2.32. The molecule has 1 atom stereocenters. The second-order valence-corrected chi connectivity index (χ2v) is 7.65. The van der Waals surface area contributed by atoms with Crippen molar-refractivity contribution < 1.29 is 17.2 Å². The van der Waals surface area contributed by atoms with E-state index in [1.165, 1.54) is 4.68 Å². The van der Waals surface area contributed by atoms with E-state index in [1.54, 1.807) is 6.92 Å². The molecule has 1 fully saturated rings. The molecule has 0 bridgehead atoms. The largest absolute Gasteiger partial charge is 0.282 e. The van der Waals surface area contributed by atoms with Gasteiger partial charge in [-0.15, -0.1) is 11.6 Å². The monoisotopic (exact) mass is 332 g/mol. The van der Waals surface area contributed by atoms with Crippen LogP contribution in [0.15, 0.2) is 0 Å². The first kappa shape index (κ1) is 15.0. The Morgan fingerprint density at radius 2 is 2.16 bits per heavy atom. The zero-order valence-electron chi connectivity index (χ0n) is 10.0. The molecule has 1 aromatic rings. The van der Waals surface area contributed by atoms with E-state index in [-0.39, 0.29) is 28.1 Å². The summed E-state index contributed by atoms with van der Waals surface area (Å²) in [6.45, 7) is 1.64. The highest BCUT2D eigenvalue weighted by atomic mass is 35.5. The first-order valence-corrected chi connectivity index (χ1v) is 8.26. The molecule has 1 saturated heterocycles. The van der Waals surface area contributed by atoms with E-state index in [0.29, 0.717) is 6.42 Å². The van der Waals surface area contributed by atoms with Crippen molar-refractivity contribution in [2.45, 2.75) is 31.2 Å². The molecule has 0 saturated carbocycles. The van der Waals surface area contributed by atoms with Crippen LogP contribution in [0.3, 0.4) is 0 Å². The molecule has 0 radical (unpaired) electrons. The Balaban J connectivity index is 2.52. The molecular weight excluding hydrogens is 321 g/mol. The van der Waals surface area contributed by atoms with Crippen molar-refractivity contribution in [2.24, 2.45) is 0 Å². The Morgan fingerprint density at radius 1 is 1.53 bits per heavy atom. The third-order valence-corrected chi connectivity index (χ3v) is 5.83. The van der Waals surface area contributed by atoms with Crippen molar-refractivity contribution in [3.63, 3.8) is 0 Å². The standard InChI is InChI=1S/C10H12Cl2F2N2O2S/c1-10(2-3-19(17,18)5-10)16-8(12)6(4-11)7(15-16)9(13)14/h9H,2-5H2,1H3. The van der Waals surface area contributed by atoms with E-state index in [4.69, 9.17) is 23.2 Å². The summed E-state index contributed by atoms with van der Waals surface area (Å²) in [5.41, 5.74) is -1.32. The maximum absolute atomic E-state index is 12.9. The summed E-state index contributed by atoms with van der Waals surface area (Å²) in [5.74, 6) is -0.354. The van der Waals surface area contributed by atoms with Gasteiger partial charge in [0.25, 0.3) is 6.43 Å². The van der Waals surface area contributed by atoms with Gasteiger partial charge in [0, 0.05) is 5.56 Å². The van der Waals surface area contributed by atoms with Gasteiger partial charge in [-0.2, -0.15) is 5.10 Å². The van der Waals surface area contributed by atoms with E-state index < -0.39 is 27.5 Å². The Labute approximate surface area is 119 Å². The van der Waals surface area contributed by atoms with E-state index >= 15 is 0 Å². The SMILES string of the molecule is CC1(n2nc(C(F)F)c(CCl)c2Cl)CCS(=O)(=O)C1. The fourth-order valence-corrected chi connectivity index (χ4v) is 5.11. The van der Waals surface area contributed by atoms with Crippen LogP contribution < -0.4 is 0 Å². The van der Waals surface area contributed by atoms with E-state index in [9.17, 15) is 17.2 Å². The van der Waals surface area contributed by atoms with Crippen molar-refractivity contribution in [3.8, 4) is 0 Å². The summed E-state index contributed by atoms with van der Waals surface area (Å²) in [5, 5.41) is 3.78. The molecule has 0 N–H and O–H groups in total. The maximum atomic E-state index is 12.9. The van der Waals surface area contributed by atoms with Gasteiger partial charge >= 0.3 is 0 Å². The van der Waals surface area contributed by atoms with Crippen LogP contribution in [0, 0.1) is 0 Å². The quantitative estimate of drug-likeness (QED) is 0.800. The van der Waals surface area contributed by atoms with Crippen LogP contribution in [-0.2, 0) is 21.3 Å². The molecule has 2 rings (SSSR count). The van der Waals surface area contributed by atoms with Crippen molar-refractivity contribution in [2.75, 3.05) is 11.5 Å². The van der Waals surface area contributed by atoms with Crippen molar-refractivity contribution >= 4 is 33.0 Å². The minimum Gasteiger partial charge on any atom is -0.246 e. The first-order chi connectivity index (χ1) is 8.70. The molecule has 0 amide bonds. The predicted molar refractivity (Wildman–Crippen MR) is 68.7 cm³/mol. The summed E-state index contributed by atoms with van der Waals surface area (Å²) in [7, 11) is -3.19. The first-order valence-electron chi connectivity index (χ1n) is 5.52. The highest BCUT2D eigenvalue weighted by Gasteiger charge is 2.43. The van der Waals surface area contributed by atoms with E-state index in [0.717, 1.165) is 0 Å². The van der Waals surface area contributed by atoms with E-state index in [1.807, 2.05) is 0 Å². The minimum absolute atomic E-state index is 0.0000902. The third-order valence-electron chi connectivity index (χ3n) is 3.29. The average molecular weight is 333 g/mol. The number of nitrogens with zero attached hydrogens (tertiary/aromatic N) is 2. The number of alkyl halides is 3. The van der Waals surface area contributed by atoms with Crippen LogP contribution in [0.25, 0.3) is 0 Å². The second kappa shape index (κ2) is 4.86. The summed E-state index contributed by atoms with van der Waals surface area (Å²) in [4.78, 5) is 0. The minimum atomic E-state index is -3.19. The van der Waals surface area contributed by atoms with Crippen LogP contribution in [0.4, 0.5) is 8.78 Å². The van der Waals surface area contributed by atoms with Gasteiger partial charge in [-0.05, 0) is 13.3 Å². The number of hydrogen-bond donors (Lipinski definition) is 0. The molecule has 1 aliphatic heterocycles. The number of rotatable bonds is 3. The summed E-state index contributed by atoms with van der Waals surface area (Å²) >= 11 is 11.6. The second-order valence-electron chi connectivity index (χ2n) is 4.84. The number of halogens is 4. The molecule has 1 unspecified atom stereocenters. The van der Waals surface area contributed by atoms with Gasteiger partial charge in [0.2, 0.25) is 0 Å². The predicted octanol–water partition coefficient (Wildman–Crippen LogP) is 2.75. The third kappa shape index (κ3) is 2.60. The number of aromatic nitrogens is 2. The van der Waals surface area contributed by atoms with Crippen LogP contribution >= 0.6 is 23.2 Å². The van der Waals surface area contributed by atoms with Gasteiger partial charge in [0.1, 0.15) is 10.8 Å². The zero-order chi connectivity index (χ0) is 14.4. The fraction of sp³-hybridized carbons (Fsp3) is 0.700. The summed E-state index contributed by atoms with van der Waals surface area (Å²) in [6, 6.07) is 0. The smallest absolute Gasteiger partial charge is 0.246 e. The van der Waals surface area contributed by atoms with Crippen LogP contribution in [0.1, 0.15) is 31.0 Å². The lowest BCUT2D eigenvalue weighted by Gasteiger charge is -2.23. The van der Waals surface area contributed by atoms with Gasteiger partial charge in [0.15, 0.2) is 9.84 Å². The molecule has 2 heterocycles. The highest BCUT2D eigenvalue weighted by Crippen LogP contribution is 2.37. The van der Waals surface area contributed by atoms with Crippen LogP contribution in [0.5, 0.6) is 0 Å². The topological polar surface area (TPSA) is 52.0 Å². The van der Waals surface area contributed by atoms with Crippen LogP contribution in [0.2, 0.25) is 5.15 Å². The number of sulfone groups is 1. The van der Waals surface area contributed by atoms with E-state index in [2.05, 4.69) is 5.10 Å². The van der Waals surface area contributed by atoms with Gasteiger partial charge in [-0.25, -0.2) is 21.9 Å². The Morgan fingerprint density at radius 3 is 2.53 bits per heavy atom. The van der Waals surface area contributed by atoms with Gasteiger partial charge in [0.05, 0.1) is 22.9 Å². The fourth-order valence-electron chi connectivity index (χ4n) is 2.26. The zero-order valence-corrected chi connectivity index (χ0v) is 12.4. The van der Waals surface area contributed by atoms with Gasteiger partial charge in [-0.1, -0.05) is 11.6 Å². The molecule has 0 aliphatic carbocycles. The van der Waals surface area contributed by atoms with Crippen molar-refractivity contribution in [1.29, 1.82) is 0 Å². The van der Waals surface area contributed by atoms with Gasteiger partial charge < -0.3 is 0 Å². The lowest BCUT2D eigenvalue weighted by atomic mass is 10.0. The molecule has 4 nitrogen and oxygen atoms in total. The molecule has 0 spiro atoms. The van der Waals surface area contributed by atoms with Crippen molar-refractivity contribution in [1.82, 2.24) is 9.78 Å². The molecule has 108 valence electrons. The molecule has 1 aromatic heterocycles. The Kier molecular flexibility index (Phi) is 3.83. The molecule has 0 aromatic carbocycles. The molecule has 19 heavy (non-hydrogen) atoms. The number of hydrogen-bond acceptors (Lipinski definition) is 3. The summed E-state index contributed by atoms with van der Waals surface area (Å²) in [6.07, 6.45) is -2.50. The highest BCUT2D eigenvalue weighted by molar-refractivity contribution is 7.91. The maximum Gasteiger partial charge on any atom is 0.282 e. The van der Waals surface area contributed by atoms with Crippen LogP contribution in [-0.4, -0.2) is 29.7 Å². The Hall–Kier alpha value is -0.400. The lowest BCUT2D eigenvalue weighted by molar-refractivity contribution is 0.142. The molecular formula is C10H12Cl2F2N2O2S. The summed E-state index contributed by atoms with van der Waals surface area (Å²) < 4.78 is 50.0. The molecule has 1 aliphatic rings. The molecule has 9 heteroatoms. The van der Waals surface area contributed by atoms with Gasteiger partial charge in [-0.3, -0.25) is 0 Å². The Bertz CT molecular complexity index is 603. The van der Waals surface area contributed by atoms with Crippen molar-refractivity contribution in [3.05, 3.63) is 16.4 Å². The average Bonchev–Trinajstić information content (AvgIpc) is 2.77.